The van der Waals surface area contributed by atoms with Gasteiger partial charge in [-0.1, -0.05) is 45.7 Å². The Bertz CT molecular complexity index is 600. The summed E-state index contributed by atoms with van der Waals surface area (Å²) in [5.41, 5.74) is 2.51. The van der Waals surface area contributed by atoms with Crippen LogP contribution in [0.1, 0.15) is 15.9 Å². The lowest BCUT2D eigenvalue weighted by atomic mass is 10.1. The lowest BCUT2D eigenvalue weighted by Crippen LogP contribution is -2.18. The number of para-hydroxylation sites is 1. The molecule has 0 unspecified atom stereocenters. The molecule has 2 aromatic carbocycles. The highest BCUT2D eigenvalue weighted by atomic mass is 79.9. The van der Waals surface area contributed by atoms with Crippen molar-refractivity contribution in [3.8, 4) is 0 Å². The second-order valence-corrected chi connectivity index (χ2v) is 5.60. The molecule has 0 saturated heterocycles. The molecule has 19 heavy (non-hydrogen) atoms. The number of nitrogens with zero attached hydrogens (tertiary/aromatic N) is 1. The first-order valence-corrected chi connectivity index (χ1v) is 6.98. The molecule has 0 saturated carbocycles. The minimum Gasteiger partial charge on any atom is -0.368 e. The summed E-state index contributed by atoms with van der Waals surface area (Å²) >= 11 is 9.64. The van der Waals surface area contributed by atoms with Crippen LogP contribution in [-0.4, -0.2) is 13.3 Å². The van der Waals surface area contributed by atoms with Crippen LogP contribution in [-0.2, 0) is 6.54 Å². The lowest BCUT2D eigenvalue weighted by Gasteiger charge is -2.22. The van der Waals surface area contributed by atoms with Crippen LogP contribution >= 0.6 is 27.5 Å². The number of hydrogen-bond acceptors (Lipinski definition) is 2. The predicted octanol–water partition coefficient (Wildman–Crippen LogP) is 4.55. The maximum atomic E-state index is 11.1. The van der Waals surface area contributed by atoms with Crippen LogP contribution in [0.25, 0.3) is 0 Å². The highest BCUT2D eigenvalue weighted by Crippen LogP contribution is 2.29. The number of aldehydes is 1. The van der Waals surface area contributed by atoms with Crippen LogP contribution in [0.3, 0.4) is 0 Å². The maximum Gasteiger partial charge on any atom is 0.152 e. The Morgan fingerprint density at radius 3 is 2.68 bits per heavy atom. The summed E-state index contributed by atoms with van der Waals surface area (Å²) in [4.78, 5) is 13.1. The average molecular weight is 339 g/mol. The third-order valence-corrected chi connectivity index (χ3v) is 3.63. The molecule has 2 aromatic rings. The second kappa shape index (κ2) is 6.22. The van der Waals surface area contributed by atoms with Gasteiger partial charge in [-0.25, -0.2) is 0 Å². The quantitative estimate of drug-likeness (QED) is 0.762. The van der Waals surface area contributed by atoms with E-state index in [1.165, 1.54) is 0 Å². The monoisotopic (exact) mass is 337 g/mol. The van der Waals surface area contributed by atoms with Crippen LogP contribution in [0.2, 0.25) is 5.02 Å². The first-order valence-electron chi connectivity index (χ1n) is 5.81. The number of hydrogen-bond donors (Lipinski definition) is 0. The zero-order chi connectivity index (χ0) is 13.8. The van der Waals surface area contributed by atoms with E-state index in [9.17, 15) is 4.79 Å². The van der Waals surface area contributed by atoms with E-state index < -0.39 is 0 Å². The van der Waals surface area contributed by atoms with E-state index in [0.29, 0.717) is 17.1 Å². The minimum atomic E-state index is 0.585. The van der Waals surface area contributed by atoms with Crippen molar-refractivity contribution in [3.63, 3.8) is 0 Å². The van der Waals surface area contributed by atoms with Crippen molar-refractivity contribution in [1.82, 2.24) is 0 Å². The molecular formula is C15H13BrClNO. The summed E-state index contributed by atoms with van der Waals surface area (Å²) < 4.78 is 1.04. The van der Waals surface area contributed by atoms with Crippen LogP contribution in [0, 0.1) is 0 Å². The van der Waals surface area contributed by atoms with E-state index in [1.54, 1.807) is 18.2 Å². The third kappa shape index (κ3) is 3.37. The molecule has 98 valence electrons. The summed E-state index contributed by atoms with van der Waals surface area (Å²) in [6.45, 7) is 0.685. The molecule has 0 atom stereocenters. The topological polar surface area (TPSA) is 20.3 Å². The van der Waals surface area contributed by atoms with Gasteiger partial charge in [0.05, 0.1) is 10.7 Å². The molecule has 2 nitrogen and oxygen atoms in total. The van der Waals surface area contributed by atoms with Crippen molar-refractivity contribution in [2.75, 3.05) is 11.9 Å². The molecule has 0 aromatic heterocycles. The smallest absolute Gasteiger partial charge is 0.152 e. The normalized spacial score (nSPS) is 10.3. The number of carbonyl (C=O) groups excluding carboxylic acids is 1. The van der Waals surface area contributed by atoms with Gasteiger partial charge in [0.1, 0.15) is 0 Å². The van der Waals surface area contributed by atoms with E-state index in [2.05, 4.69) is 15.9 Å². The fourth-order valence-corrected chi connectivity index (χ4v) is 2.79. The van der Waals surface area contributed by atoms with Crippen LogP contribution < -0.4 is 4.90 Å². The molecule has 0 radical (unpaired) electrons. The van der Waals surface area contributed by atoms with Gasteiger partial charge in [0, 0.05) is 23.6 Å². The van der Waals surface area contributed by atoms with E-state index in [0.717, 1.165) is 22.0 Å². The Labute approximate surface area is 126 Å². The highest BCUT2D eigenvalue weighted by molar-refractivity contribution is 9.10. The molecule has 4 heteroatoms. The Morgan fingerprint density at radius 2 is 2.00 bits per heavy atom. The fourth-order valence-electron chi connectivity index (χ4n) is 2.02. The van der Waals surface area contributed by atoms with Gasteiger partial charge >= 0.3 is 0 Å². The van der Waals surface area contributed by atoms with Gasteiger partial charge in [0.25, 0.3) is 0 Å². The number of rotatable bonds is 4. The zero-order valence-corrected chi connectivity index (χ0v) is 12.8. The van der Waals surface area contributed by atoms with Crippen molar-refractivity contribution in [2.24, 2.45) is 0 Å². The summed E-state index contributed by atoms with van der Waals surface area (Å²) in [6.07, 6.45) is 0.832. The van der Waals surface area contributed by atoms with E-state index >= 15 is 0 Å². The van der Waals surface area contributed by atoms with Crippen molar-refractivity contribution >= 4 is 39.5 Å². The molecule has 0 fully saturated rings. The molecule has 0 spiro atoms. The van der Waals surface area contributed by atoms with Gasteiger partial charge in [-0.3, -0.25) is 4.79 Å². The molecule has 0 bridgehead atoms. The first kappa shape index (κ1) is 14.1. The Kier molecular flexibility index (Phi) is 4.61. The lowest BCUT2D eigenvalue weighted by molar-refractivity contribution is 0.112. The molecular weight excluding hydrogens is 326 g/mol. The molecule has 0 aliphatic rings. The largest absolute Gasteiger partial charge is 0.368 e. The average Bonchev–Trinajstić information content (AvgIpc) is 2.38. The van der Waals surface area contributed by atoms with Crippen molar-refractivity contribution in [1.29, 1.82) is 0 Å². The highest BCUT2D eigenvalue weighted by Gasteiger charge is 2.11. The number of halogens is 2. The van der Waals surface area contributed by atoms with Crippen molar-refractivity contribution < 1.29 is 4.79 Å². The fraction of sp³-hybridized carbons (Fsp3) is 0.133. The van der Waals surface area contributed by atoms with Crippen LogP contribution in [0.5, 0.6) is 0 Å². The van der Waals surface area contributed by atoms with Gasteiger partial charge in [-0.15, -0.1) is 0 Å². The van der Waals surface area contributed by atoms with Crippen LogP contribution in [0.4, 0.5) is 5.69 Å². The Morgan fingerprint density at radius 1 is 1.26 bits per heavy atom. The minimum absolute atomic E-state index is 0.585. The Hall–Kier alpha value is -1.32. The molecule has 0 aliphatic heterocycles. The van der Waals surface area contributed by atoms with E-state index in [1.807, 2.05) is 36.2 Å². The first-order chi connectivity index (χ1) is 9.11. The maximum absolute atomic E-state index is 11.1. The summed E-state index contributed by atoms with van der Waals surface area (Å²) in [5.74, 6) is 0. The van der Waals surface area contributed by atoms with Gasteiger partial charge in [-0.05, 0) is 29.8 Å². The van der Waals surface area contributed by atoms with Gasteiger partial charge < -0.3 is 4.90 Å². The molecule has 2 rings (SSSR count). The summed E-state index contributed by atoms with van der Waals surface area (Å²) in [5, 5.41) is 0.585. The molecule has 0 heterocycles. The number of benzene rings is 2. The van der Waals surface area contributed by atoms with E-state index in [-0.39, 0.29) is 0 Å². The second-order valence-electron chi connectivity index (χ2n) is 4.28. The van der Waals surface area contributed by atoms with Gasteiger partial charge in [-0.2, -0.15) is 0 Å². The van der Waals surface area contributed by atoms with Crippen molar-refractivity contribution in [3.05, 3.63) is 63.1 Å². The third-order valence-electron chi connectivity index (χ3n) is 2.84. The standard InChI is InChI=1S/C15H13BrClNO/c1-18(9-11-4-2-6-13(16)8-11)15-12(10-19)5-3-7-14(15)17/h2-8,10H,9H2,1H3. The van der Waals surface area contributed by atoms with Gasteiger partial charge in [0.2, 0.25) is 0 Å². The molecule has 0 N–H and O–H groups in total. The molecule has 0 amide bonds. The number of carbonyl (C=O) groups is 1. The van der Waals surface area contributed by atoms with Crippen LogP contribution in [0.15, 0.2) is 46.9 Å². The predicted molar refractivity (Wildman–Crippen MR) is 83.1 cm³/mol. The number of anilines is 1. The van der Waals surface area contributed by atoms with Gasteiger partial charge in [0.15, 0.2) is 6.29 Å². The summed E-state index contributed by atoms with van der Waals surface area (Å²) in [6, 6.07) is 13.4. The summed E-state index contributed by atoms with van der Waals surface area (Å²) in [7, 11) is 1.93. The SMILES string of the molecule is CN(Cc1cccc(Br)c1)c1c(Cl)cccc1C=O. The van der Waals surface area contributed by atoms with E-state index in [4.69, 9.17) is 11.6 Å². The molecule has 0 aliphatic carbocycles. The van der Waals surface area contributed by atoms with Crippen molar-refractivity contribution in [2.45, 2.75) is 6.54 Å². The zero-order valence-electron chi connectivity index (χ0n) is 10.4. The Balaban J connectivity index is 2.30.